The van der Waals surface area contributed by atoms with E-state index in [0.717, 1.165) is 21.8 Å². The summed E-state index contributed by atoms with van der Waals surface area (Å²) in [7, 11) is 0. The molecule has 0 radical (unpaired) electrons. The van der Waals surface area contributed by atoms with Crippen molar-refractivity contribution in [2.45, 2.75) is 12.9 Å². The van der Waals surface area contributed by atoms with E-state index in [9.17, 15) is 5.11 Å². The van der Waals surface area contributed by atoms with Crippen molar-refractivity contribution in [3.05, 3.63) is 93.8 Å². The van der Waals surface area contributed by atoms with Crippen molar-refractivity contribution in [2.24, 2.45) is 4.99 Å². The maximum atomic E-state index is 10.1. The Bertz CT molecular complexity index is 916. The Morgan fingerprint density at radius 2 is 1.85 bits per heavy atom. The first kappa shape index (κ1) is 16.6. The maximum absolute atomic E-state index is 10.1. The van der Waals surface area contributed by atoms with Crippen molar-refractivity contribution in [1.29, 1.82) is 0 Å². The number of nitrogens with zero attached hydrogens (tertiary/aromatic N) is 1. The van der Waals surface area contributed by atoms with Gasteiger partial charge in [-0.2, -0.15) is 0 Å². The number of rotatable bonds is 5. The Balaban J connectivity index is 1.45. The third-order valence-electron chi connectivity index (χ3n) is 3.89. The van der Waals surface area contributed by atoms with E-state index in [1.807, 2.05) is 78.2 Å². The number of thiophene rings is 1. The molecule has 26 heavy (non-hydrogen) atoms. The summed E-state index contributed by atoms with van der Waals surface area (Å²) in [5, 5.41) is 12.0. The van der Waals surface area contributed by atoms with Crippen molar-refractivity contribution in [3.63, 3.8) is 0 Å². The molecule has 0 amide bonds. The maximum Gasteiger partial charge on any atom is 0.243 e. The van der Waals surface area contributed by atoms with E-state index in [1.165, 1.54) is 0 Å². The van der Waals surface area contributed by atoms with Gasteiger partial charge in [-0.1, -0.05) is 36.4 Å². The molecular weight excluding hydrogens is 346 g/mol. The lowest BCUT2D eigenvalue weighted by Crippen LogP contribution is -2.11. The van der Waals surface area contributed by atoms with Gasteiger partial charge in [0.1, 0.15) is 18.1 Å². The molecule has 0 aliphatic carbocycles. The molecule has 0 saturated heterocycles. The van der Waals surface area contributed by atoms with Gasteiger partial charge in [0.15, 0.2) is 0 Å². The van der Waals surface area contributed by atoms with E-state index in [1.54, 1.807) is 11.3 Å². The van der Waals surface area contributed by atoms with Crippen LogP contribution in [0.5, 0.6) is 5.75 Å². The van der Waals surface area contributed by atoms with E-state index in [4.69, 9.17) is 9.47 Å². The lowest BCUT2D eigenvalue weighted by atomic mass is 10.2. The topological polar surface area (TPSA) is 51.0 Å². The number of hydrogen-bond acceptors (Lipinski definition) is 5. The van der Waals surface area contributed by atoms with Gasteiger partial charge in [-0.3, -0.25) is 0 Å². The summed E-state index contributed by atoms with van der Waals surface area (Å²) in [6.07, 6.45) is 0.792. The molecule has 1 unspecified atom stereocenters. The van der Waals surface area contributed by atoms with E-state index < -0.39 is 6.29 Å². The number of hydrogen-bond donors (Lipinski definition) is 1. The smallest absolute Gasteiger partial charge is 0.243 e. The standard InChI is InChI=1S/C21H17NO3S/c23-21-19(13-18-7-4-12-26-18)22-20(25-21)16-8-10-17(11-9-16)24-14-15-5-2-1-3-6-15/h1-13,21,23H,14H2/b19-13+. The van der Waals surface area contributed by atoms with E-state index >= 15 is 0 Å². The Morgan fingerprint density at radius 1 is 1.04 bits per heavy atom. The lowest BCUT2D eigenvalue weighted by Gasteiger charge is -2.08. The van der Waals surface area contributed by atoms with Crippen LogP contribution in [0.25, 0.3) is 6.08 Å². The van der Waals surface area contributed by atoms with Crippen LogP contribution in [0.3, 0.4) is 0 Å². The SMILES string of the molecule is OC1OC(c2ccc(OCc3ccccc3)cc2)=N/C1=C/c1cccs1. The first-order valence-electron chi connectivity index (χ1n) is 8.23. The zero-order valence-corrected chi connectivity index (χ0v) is 14.7. The minimum absolute atomic E-state index is 0.412. The van der Waals surface area contributed by atoms with Crippen LogP contribution in [0.15, 0.2) is 82.8 Å². The van der Waals surface area contributed by atoms with Crippen molar-refractivity contribution in [2.75, 3.05) is 0 Å². The molecular formula is C21H17NO3S. The van der Waals surface area contributed by atoms with Crippen molar-refractivity contribution in [3.8, 4) is 5.75 Å². The third-order valence-corrected chi connectivity index (χ3v) is 4.71. The van der Waals surface area contributed by atoms with E-state index in [2.05, 4.69) is 4.99 Å². The molecule has 2 aromatic carbocycles. The normalized spacial score (nSPS) is 17.8. The first-order valence-corrected chi connectivity index (χ1v) is 9.11. The monoisotopic (exact) mass is 363 g/mol. The van der Waals surface area contributed by atoms with Crippen LogP contribution in [-0.4, -0.2) is 17.3 Å². The summed E-state index contributed by atoms with van der Waals surface area (Å²) < 4.78 is 11.3. The Kier molecular flexibility index (Phi) is 4.82. The van der Waals surface area contributed by atoms with Gasteiger partial charge < -0.3 is 14.6 Å². The third kappa shape index (κ3) is 3.85. The fourth-order valence-corrected chi connectivity index (χ4v) is 3.22. The summed E-state index contributed by atoms with van der Waals surface area (Å²) in [6.45, 7) is 0.518. The number of benzene rings is 2. The van der Waals surface area contributed by atoms with E-state index in [0.29, 0.717) is 18.2 Å². The number of aliphatic hydroxyl groups is 1. The molecule has 4 nitrogen and oxygen atoms in total. The number of aliphatic hydroxyl groups excluding tert-OH is 1. The average Bonchev–Trinajstić information content (AvgIpc) is 3.32. The zero-order chi connectivity index (χ0) is 17.8. The van der Waals surface area contributed by atoms with Crippen molar-refractivity contribution >= 4 is 23.3 Å². The largest absolute Gasteiger partial charge is 0.489 e. The highest BCUT2D eigenvalue weighted by Gasteiger charge is 2.24. The molecule has 1 atom stereocenters. The lowest BCUT2D eigenvalue weighted by molar-refractivity contribution is 0.0178. The molecule has 2 heterocycles. The van der Waals surface area contributed by atoms with Crippen LogP contribution < -0.4 is 4.74 Å². The summed E-state index contributed by atoms with van der Waals surface area (Å²) in [5.74, 6) is 1.18. The summed E-state index contributed by atoms with van der Waals surface area (Å²) in [6, 6.07) is 21.4. The zero-order valence-electron chi connectivity index (χ0n) is 13.9. The van der Waals surface area contributed by atoms with Gasteiger partial charge in [0.05, 0.1) is 0 Å². The fraction of sp³-hybridized carbons (Fsp3) is 0.0952. The van der Waals surface area contributed by atoms with Gasteiger partial charge in [-0.15, -0.1) is 11.3 Å². The highest BCUT2D eigenvalue weighted by molar-refractivity contribution is 7.10. The van der Waals surface area contributed by atoms with Gasteiger partial charge in [-0.05, 0) is 47.4 Å². The van der Waals surface area contributed by atoms with Gasteiger partial charge >= 0.3 is 0 Å². The minimum atomic E-state index is -1.04. The highest BCUT2D eigenvalue weighted by atomic mass is 32.1. The van der Waals surface area contributed by atoms with Gasteiger partial charge in [-0.25, -0.2) is 4.99 Å². The van der Waals surface area contributed by atoms with Gasteiger partial charge in [0, 0.05) is 10.4 Å². The average molecular weight is 363 g/mol. The number of ether oxygens (including phenoxy) is 2. The molecule has 1 aromatic heterocycles. The molecule has 5 heteroatoms. The molecule has 0 fully saturated rings. The first-order chi connectivity index (χ1) is 12.8. The quantitative estimate of drug-likeness (QED) is 0.728. The van der Waals surface area contributed by atoms with Gasteiger partial charge in [0.25, 0.3) is 0 Å². The van der Waals surface area contributed by atoms with Crippen LogP contribution in [-0.2, 0) is 11.3 Å². The molecule has 0 saturated carbocycles. The highest BCUT2D eigenvalue weighted by Crippen LogP contribution is 2.24. The van der Waals surface area contributed by atoms with Gasteiger partial charge in [0.2, 0.25) is 12.2 Å². The Morgan fingerprint density at radius 3 is 2.58 bits per heavy atom. The Labute approximate surface area is 155 Å². The predicted molar refractivity (Wildman–Crippen MR) is 103 cm³/mol. The molecule has 1 N–H and O–H groups in total. The van der Waals surface area contributed by atoms with Crippen LogP contribution >= 0.6 is 11.3 Å². The summed E-state index contributed by atoms with van der Waals surface area (Å²) in [5.41, 5.74) is 2.42. The van der Waals surface area contributed by atoms with Crippen LogP contribution in [0.1, 0.15) is 16.0 Å². The fourth-order valence-electron chi connectivity index (χ4n) is 2.55. The van der Waals surface area contributed by atoms with Crippen molar-refractivity contribution < 1.29 is 14.6 Å². The molecule has 1 aliphatic heterocycles. The second-order valence-electron chi connectivity index (χ2n) is 5.77. The minimum Gasteiger partial charge on any atom is -0.489 e. The molecule has 3 aromatic rings. The Hall–Kier alpha value is -2.89. The van der Waals surface area contributed by atoms with E-state index in [-0.39, 0.29) is 0 Å². The molecule has 0 spiro atoms. The summed E-state index contributed by atoms with van der Waals surface area (Å²) in [4.78, 5) is 5.43. The van der Waals surface area contributed by atoms with Crippen molar-refractivity contribution in [1.82, 2.24) is 0 Å². The summed E-state index contributed by atoms with van der Waals surface area (Å²) >= 11 is 1.59. The van der Waals surface area contributed by atoms with Crippen LogP contribution in [0, 0.1) is 0 Å². The molecule has 1 aliphatic rings. The second kappa shape index (κ2) is 7.56. The van der Waals surface area contributed by atoms with Crippen LogP contribution in [0.2, 0.25) is 0 Å². The van der Waals surface area contributed by atoms with Crippen LogP contribution in [0.4, 0.5) is 0 Å². The molecule has 4 rings (SSSR count). The second-order valence-corrected chi connectivity index (χ2v) is 6.75. The predicted octanol–water partition coefficient (Wildman–Crippen LogP) is 4.46. The molecule has 130 valence electrons. The molecule has 0 bridgehead atoms. The number of aliphatic imine (C=N–C) groups is 1.